The summed E-state index contributed by atoms with van der Waals surface area (Å²) in [6.07, 6.45) is 2.31. The molecule has 90 valence electrons. The Kier molecular flexibility index (Phi) is 4.92. The van der Waals surface area contributed by atoms with Gasteiger partial charge in [-0.05, 0) is 5.92 Å². The molecule has 0 spiro atoms. The highest BCUT2D eigenvalue weighted by atomic mass is 79.9. The van der Waals surface area contributed by atoms with E-state index in [1.54, 1.807) is 11.0 Å². The monoisotopic (exact) mass is 288 g/mol. The number of alkyl halides is 1. The zero-order valence-electron chi connectivity index (χ0n) is 9.77. The molecule has 1 N–H and O–H groups in total. The van der Waals surface area contributed by atoms with Gasteiger partial charge in [0, 0.05) is 20.0 Å². The van der Waals surface area contributed by atoms with Crippen LogP contribution >= 0.6 is 15.9 Å². The molecule has 1 amide bonds. The van der Waals surface area contributed by atoms with Crippen molar-refractivity contribution in [2.45, 2.75) is 25.1 Å². The van der Waals surface area contributed by atoms with Crippen LogP contribution in [-0.2, 0) is 18.3 Å². The molecule has 0 aromatic carbocycles. The predicted molar refractivity (Wildman–Crippen MR) is 65.3 cm³/mol. The summed E-state index contributed by atoms with van der Waals surface area (Å²) in [4.78, 5) is 15.5. The molecule has 5 nitrogen and oxygen atoms in total. The molecule has 0 saturated heterocycles. The Morgan fingerprint density at radius 3 is 2.81 bits per heavy atom. The van der Waals surface area contributed by atoms with Gasteiger partial charge in [-0.2, -0.15) is 5.10 Å². The summed E-state index contributed by atoms with van der Waals surface area (Å²) in [6, 6.07) is 0. The van der Waals surface area contributed by atoms with Crippen molar-refractivity contribution in [3.05, 3.63) is 12.2 Å². The van der Waals surface area contributed by atoms with E-state index in [-0.39, 0.29) is 16.7 Å². The van der Waals surface area contributed by atoms with Crippen LogP contribution in [0.25, 0.3) is 0 Å². The molecule has 0 saturated carbocycles. The maximum atomic E-state index is 11.6. The van der Waals surface area contributed by atoms with Gasteiger partial charge in [-0.25, -0.2) is 4.98 Å². The highest BCUT2D eigenvalue weighted by Crippen LogP contribution is 2.11. The maximum absolute atomic E-state index is 11.6. The minimum absolute atomic E-state index is 0.0194. The fraction of sp³-hybridized carbons (Fsp3) is 0.700. The van der Waals surface area contributed by atoms with Crippen molar-refractivity contribution >= 4 is 21.8 Å². The number of aryl methyl sites for hydroxylation is 1. The molecule has 1 aromatic heterocycles. The van der Waals surface area contributed by atoms with Gasteiger partial charge in [-0.1, -0.05) is 29.8 Å². The normalized spacial score (nSPS) is 12.8. The van der Waals surface area contributed by atoms with Crippen molar-refractivity contribution in [1.29, 1.82) is 0 Å². The molecule has 0 aliphatic carbocycles. The van der Waals surface area contributed by atoms with E-state index in [4.69, 9.17) is 0 Å². The van der Waals surface area contributed by atoms with E-state index >= 15 is 0 Å². The molecular formula is C10H17BrN4O. The summed E-state index contributed by atoms with van der Waals surface area (Å²) in [5, 5.41) is 6.98. The Bertz CT molecular complexity index is 350. The van der Waals surface area contributed by atoms with Gasteiger partial charge >= 0.3 is 0 Å². The van der Waals surface area contributed by atoms with Crippen molar-refractivity contribution in [1.82, 2.24) is 20.1 Å². The van der Waals surface area contributed by atoms with Crippen LogP contribution in [0.2, 0.25) is 0 Å². The number of hydrogen-bond donors (Lipinski definition) is 1. The van der Waals surface area contributed by atoms with Gasteiger partial charge < -0.3 is 5.32 Å². The van der Waals surface area contributed by atoms with Gasteiger partial charge in [0.1, 0.15) is 6.33 Å². The van der Waals surface area contributed by atoms with E-state index < -0.39 is 0 Å². The molecule has 6 heteroatoms. The van der Waals surface area contributed by atoms with Crippen LogP contribution in [0.15, 0.2) is 6.33 Å². The minimum Gasteiger partial charge on any atom is -0.355 e. The number of rotatable bonds is 5. The Hall–Kier alpha value is -0.910. The summed E-state index contributed by atoms with van der Waals surface area (Å²) in [6.45, 7) is 4.57. The molecule has 0 bridgehead atoms. The minimum atomic E-state index is -0.135. The molecule has 0 fully saturated rings. The summed E-state index contributed by atoms with van der Waals surface area (Å²) < 4.78 is 1.65. The molecule has 1 unspecified atom stereocenters. The maximum Gasteiger partial charge on any atom is 0.234 e. The standard InChI is InChI=1S/C10H17BrN4O/c1-7(2)9(11)10(16)12-5-4-8-13-6-15(3)14-8/h6-7,9H,4-5H2,1-3H3,(H,12,16). The van der Waals surface area contributed by atoms with Crippen LogP contribution in [0.3, 0.4) is 0 Å². The largest absolute Gasteiger partial charge is 0.355 e. The number of amides is 1. The lowest BCUT2D eigenvalue weighted by atomic mass is 10.1. The van der Waals surface area contributed by atoms with Gasteiger partial charge in [0.2, 0.25) is 5.91 Å². The molecule has 0 radical (unpaired) electrons. The van der Waals surface area contributed by atoms with Crippen LogP contribution in [-0.4, -0.2) is 32.0 Å². The fourth-order valence-electron chi connectivity index (χ4n) is 1.20. The molecule has 0 aliphatic heterocycles. The van der Waals surface area contributed by atoms with Crippen molar-refractivity contribution in [3.63, 3.8) is 0 Å². The third kappa shape index (κ3) is 3.92. The quantitative estimate of drug-likeness (QED) is 0.819. The van der Waals surface area contributed by atoms with E-state index in [0.717, 1.165) is 5.82 Å². The number of hydrogen-bond acceptors (Lipinski definition) is 3. The fourth-order valence-corrected chi connectivity index (χ4v) is 1.36. The van der Waals surface area contributed by atoms with Crippen LogP contribution < -0.4 is 5.32 Å². The molecule has 1 heterocycles. The second-order valence-corrected chi connectivity index (χ2v) is 5.01. The van der Waals surface area contributed by atoms with Crippen LogP contribution in [0.4, 0.5) is 0 Å². The van der Waals surface area contributed by atoms with Gasteiger partial charge in [0.15, 0.2) is 5.82 Å². The molecule has 0 aliphatic rings. The van der Waals surface area contributed by atoms with Crippen LogP contribution in [0.1, 0.15) is 19.7 Å². The average Bonchev–Trinajstić information content (AvgIpc) is 2.62. The number of aromatic nitrogens is 3. The topological polar surface area (TPSA) is 59.8 Å². The van der Waals surface area contributed by atoms with Crippen LogP contribution in [0, 0.1) is 5.92 Å². The molecule has 1 atom stereocenters. The molecule has 1 aromatic rings. The van der Waals surface area contributed by atoms with Crippen molar-refractivity contribution in [2.75, 3.05) is 6.54 Å². The van der Waals surface area contributed by atoms with E-state index in [1.807, 2.05) is 20.9 Å². The van der Waals surface area contributed by atoms with Gasteiger partial charge in [-0.3, -0.25) is 9.48 Å². The smallest absolute Gasteiger partial charge is 0.234 e. The molecule has 1 rings (SSSR count). The van der Waals surface area contributed by atoms with Crippen molar-refractivity contribution < 1.29 is 4.79 Å². The number of halogens is 1. The summed E-state index contributed by atoms with van der Waals surface area (Å²) in [7, 11) is 1.82. The Morgan fingerprint density at radius 2 is 2.31 bits per heavy atom. The first-order valence-corrected chi connectivity index (χ1v) is 6.18. The average molecular weight is 289 g/mol. The van der Waals surface area contributed by atoms with Gasteiger partial charge in [-0.15, -0.1) is 0 Å². The second-order valence-electron chi connectivity index (χ2n) is 4.02. The summed E-state index contributed by atoms with van der Waals surface area (Å²) >= 11 is 3.35. The highest BCUT2D eigenvalue weighted by Gasteiger charge is 2.17. The number of nitrogens with zero attached hydrogens (tertiary/aromatic N) is 3. The highest BCUT2D eigenvalue weighted by molar-refractivity contribution is 9.10. The molecular weight excluding hydrogens is 272 g/mol. The van der Waals surface area contributed by atoms with Gasteiger partial charge in [0.25, 0.3) is 0 Å². The van der Waals surface area contributed by atoms with Crippen LogP contribution in [0.5, 0.6) is 0 Å². The predicted octanol–water partition coefficient (Wildman–Crippen LogP) is 0.893. The van der Waals surface area contributed by atoms with E-state index in [0.29, 0.717) is 13.0 Å². The first-order chi connectivity index (χ1) is 7.50. The SMILES string of the molecule is CC(C)C(Br)C(=O)NCCc1ncn(C)n1. The summed E-state index contributed by atoms with van der Waals surface area (Å²) in [5.74, 6) is 1.05. The number of nitrogens with one attached hydrogen (secondary N) is 1. The first kappa shape index (κ1) is 13.2. The zero-order valence-corrected chi connectivity index (χ0v) is 11.4. The lowest BCUT2D eigenvalue weighted by Crippen LogP contribution is -2.35. The third-order valence-electron chi connectivity index (χ3n) is 2.13. The summed E-state index contributed by atoms with van der Waals surface area (Å²) in [5.41, 5.74) is 0. The lowest BCUT2D eigenvalue weighted by Gasteiger charge is -2.13. The zero-order chi connectivity index (χ0) is 12.1. The second kappa shape index (κ2) is 5.98. The Labute approximate surface area is 104 Å². The Morgan fingerprint density at radius 1 is 1.62 bits per heavy atom. The number of carbonyl (C=O) groups excluding carboxylic acids is 1. The Balaban J connectivity index is 2.28. The lowest BCUT2D eigenvalue weighted by molar-refractivity contribution is -0.121. The third-order valence-corrected chi connectivity index (χ3v) is 3.60. The molecule has 16 heavy (non-hydrogen) atoms. The first-order valence-electron chi connectivity index (χ1n) is 5.27. The van der Waals surface area contributed by atoms with E-state index in [9.17, 15) is 4.79 Å². The van der Waals surface area contributed by atoms with Crippen molar-refractivity contribution in [3.8, 4) is 0 Å². The van der Waals surface area contributed by atoms with E-state index in [1.165, 1.54) is 0 Å². The number of carbonyl (C=O) groups is 1. The van der Waals surface area contributed by atoms with Gasteiger partial charge in [0.05, 0.1) is 4.83 Å². The van der Waals surface area contributed by atoms with E-state index in [2.05, 4.69) is 31.3 Å². The van der Waals surface area contributed by atoms with Crippen molar-refractivity contribution in [2.24, 2.45) is 13.0 Å².